The van der Waals surface area contributed by atoms with Gasteiger partial charge in [0.1, 0.15) is 6.04 Å². The number of aromatic amines is 1. The molecule has 0 radical (unpaired) electrons. The third-order valence-electron chi connectivity index (χ3n) is 6.88. The summed E-state index contributed by atoms with van der Waals surface area (Å²) in [5.74, 6) is -2.29. The van der Waals surface area contributed by atoms with E-state index in [0.717, 1.165) is 36.7 Å². The van der Waals surface area contributed by atoms with Crippen LogP contribution in [0, 0.1) is 10.8 Å². The van der Waals surface area contributed by atoms with E-state index in [4.69, 9.17) is 5.11 Å². The number of aliphatic carboxylic acids is 2. The minimum atomic E-state index is -1.03. The second-order valence-corrected chi connectivity index (χ2v) is 10.6. The van der Waals surface area contributed by atoms with E-state index in [-0.39, 0.29) is 35.6 Å². The molecule has 4 rings (SSSR count). The normalized spacial score (nSPS) is 25.5. The van der Waals surface area contributed by atoms with Gasteiger partial charge < -0.3 is 20.5 Å². The number of anilines is 1. The number of carbonyl (C=O) groups is 3. The van der Waals surface area contributed by atoms with Crippen LogP contribution in [0.25, 0.3) is 10.9 Å². The summed E-state index contributed by atoms with van der Waals surface area (Å²) in [4.78, 5) is 40.6. The van der Waals surface area contributed by atoms with Crippen LogP contribution in [0.3, 0.4) is 0 Å². The molecule has 1 aliphatic heterocycles. The summed E-state index contributed by atoms with van der Waals surface area (Å²) in [5, 5.41) is 22.5. The first-order valence-corrected chi connectivity index (χ1v) is 11.1. The fourth-order valence-corrected chi connectivity index (χ4v) is 6.15. The summed E-state index contributed by atoms with van der Waals surface area (Å²) >= 11 is 0. The second-order valence-electron chi connectivity index (χ2n) is 10.6. The Bertz CT molecular complexity index is 1070. The Hall–Kier alpha value is -2.87. The maximum atomic E-state index is 12.5. The molecule has 1 amide bonds. The molecule has 1 aromatic carbocycles. The number of nitrogens with zero attached hydrogens (tertiary/aromatic N) is 1. The molecule has 3 atom stereocenters. The number of carboxylic acid groups (broad SMARTS) is 2. The molecule has 2 bridgehead atoms. The highest BCUT2D eigenvalue weighted by molar-refractivity contribution is 5.96. The van der Waals surface area contributed by atoms with Crippen molar-refractivity contribution in [2.45, 2.75) is 65.0 Å². The van der Waals surface area contributed by atoms with Gasteiger partial charge in [0.2, 0.25) is 5.91 Å². The fourth-order valence-electron chi connectivity index (χ4n) is 6.15. The average Bonchev–Trinajstić information content (AvgIpc) is 3.17. The van der Waals surface area contributed by atoms with Gasteiger partial charge in [-0.15, -0.1) is 0 Å². The number of hydrogen-bond acceptors (Lipinski definition) is 4. The number of likely N-dealkylation sites (tertiary alicyclic amines) is 1. The van der Waals surface area contributed by atoms with Crippen molar-refractivity contribution >= 4 is 34.4 Å². The van der Waals surface area contributed by atoms with Crippen LogP contribution < -0.4 is 5.32 Å². The molecule has 2 aliphatic rings. The highest BCUT2D eigenvalue weighted by Crippen LogP contribution is 2.54. The lowest BCUT2D eigenvalue weighted by Crippen LogP contribution is -2.39. The molecular weight excluding hydrogens is 410 g/mol. The molecule has 2 fully saturated rings. The zero-order valence-corrected chi connectivity index (χ0v) is 18.8. The SMILES string of the molecule is CC1(C)C[C@H]2C[C@@](C)(CN2[C@@H](C(=O)O)c2c[nH]c3ccc(NC(=O)CCC(=O)O)cc23)C1. The molecule has 4 N–H and O–H groups in total. The van der Waals surface area contributed by atoms with E-state index in [1.54, 1.807) is 24.4 Å². The van der Waals surface area contributed by atoms with Crippen molar-refractivity contribution in [3.63, 3.8) is 0 Å². The predicted molar refractivity (Wildman–Crippen MR) is 120 cm³/mol. The van der Waals surface area contributed by atoms with Crippen molar-refractivity contribution in [2.75, 3.05) is 11.9 Å². The molecular formula is C24H31N3O5. The second kappa shape index (κ2) is 7.92. The Kier molecular flexibility index (Phi) is 5.53. The minimum Gasteiger partial charge on any atom is -0.481 e. The van der Waals surface area contributed by atoms with E-state index in [1.807, 2.05) is 0 Å². The lowest BCUT2D eigenvalue weighted by atomic mass is 9.65. The van der Waals surface area contributed by atoms with Gasteiger partial charge in [0.05, 0.1) is 6.42 Å². The Morgan fingerprint density at radius 3 is 2.62 bits per heavy atom. The largest absolute Gasteiger partial charge is 0.481 e. The smallest absolute Gasteiger partial charge is 0.325 e. The number of carbonyl (C=O) groups excluding carboxylic acids is 1. The number of fused-ring (bicyclic) bond motifs is 3. The molecule has 1 saturated heterocycles. The molecule has 2 heterocycles. The molecule has 8 nitrogen and oxygen atoms in total. The highest BCUT2D eigenvalue weighted by Gasteiger charge is 2.52. The Balaban J connectivity index is 1.64. The van der Waals surface area contributed by atoms with Gasteiger partial charge in [-0.2, -0.15) is 0 Å². The first-order chi connectivity index (χ1) is 15.0. The van der Waals surface area contributed by atoms with Crippen LogP contribution in [-0.4, -0.2) is 50.5 Å². The van der Waals surface area contributed by atoms with Crippen molar-refractivity contribution < 1.29 is 24.6 Å². The van der Waals surface area contributed by atoms with Crippen LogP contribution in [0.15, 0.2) is 24.4 Å². The lowest BCUT2D eigenvalue weighted by molar-refractivity contribution is -0.144. The van der Waals surface area contributed by atoms with Crippen LogP contribution in [0.2, 0.25) is 0 Å². The maximum Gasteiger partial charge on any atom is 0.325 e. The van der Waals surface area contributed by atoms with Gasteiger partial charge in [0, 0.05) is 47.4 Å². The fraction of sp³-hybridized carbons (Fsp3) is 0.542. The number of aromatic nitrogens is 1. The Labute approximate surface area is 187 Å². The zero-order chi connectivity index (χ0) is 23.3. The minimum absolute atomic E-state index is 0.107. The van der Waals surface area contributed by atoms with Crippen molar-refractivity contribution in [3.05, 3.63) is 30.0 Å². The van der Waals surface area contributed by atoms with E-state index in [0.29, 0.717) is 11.3 Å². The molecule has 1 aliphatic carbocycles. The van der Waals surface area contributed by atoms with Crippen molar-refractivity contribution in [3.8, 4) is 0 Å². The van der Waals surface area contributed by atoms with E-state index in [1.165, 1.54) is 0 Å². The summed E-state index contributed by atoms with van der Waals surface area (Å²) in [6, 6.07) is 4.74. The third-order valence-corrected chi connectivity index (χ3v) is 6.88. The highest BCUT2D eigenvalue weighted by atomic mass is 16.4. The van der Waals surface area contributed by atoms with Crippen LogP contribution in [-0.2, 0) is 14.4 Å². The topological polar surface area (TPSA) is 123 Å². The first kappa shape index (κ1) is 22.3. The van der Waals surface area contributed by atoms with Crippen LogP contribution in [0.5, 0.6) is 0 Å². The summed E-state index contributed by atoms with van der Waals surface area (Å²) in [5.41, 5.74) is 2.29. The molecule has 8 heteroatoms. The Morgan fingerprint density at radius 2 is 1.94 bits per heavy atom. The average molecular weight is 442 g/mol. The quantitative estimate of drug-likeness (QED) is 0.515. The summed E-state index contributed by atoms with van der Waals surface area (Å²) in [6.07, 6.45) is 4.47. The van der Waals surface area contributed by atoms with Crippen molar-refractivity contribution in [2.24, 2.45) is 10.8 Å². The first-order valence-electron chi connectivity index (χ1n) is 11.1. The number of amides is 1. The van der Waals surface area contributed by atoms with Gasteiger partial charge in [-0.3, -0.25) is 19.3 Å². The Morgan fingerprint density at radius 1 is 1.19 bits per heavy atom. The predicted octanol–water partition coefficient (Wildman–Crippen LogP) is 4.00. The van der Waals surface area contributed by atoms with Gasteiger partial charge in [-0.1, -0.05) is 20.8 Å². The van der Waals surface area contributed by atoms with Crippen LogP contribution in [0.1, 0.15) is 64.5 Å². The van der Waals surface area contributed by atoms with Crippen molar-refractivity contribution in [1.82, 2.24) is 9.88 Å². The molecule has 172 valence electrons. The van der Waals surface area contributed by atoms with Crippen LogP contribution in [0.4, 0.5) is 5.69 Å². The van der Waals surface area contributed by atoms with Crippen molar-refractivity contribution in [1.29, 1.82) is 0 Å². The number of carboxylic acids is 2. The number of hydrogen-bond donors (Lipinski definition) is 4. The van der Waals surface area contributed by atoms with Crippen LogP contribution >= 0.6 is 0 Å². The summed E-state index contributed by atoms with van der Waals surface area (Å²) < 4.78 is 0. The van der Waals surface area contributed by atoms with Gasteiger partial charge in [0.15, 0.2) is 0 Å². The number of nitrogens with one attached hydrogen (secondary N) is 2. The van der Waals surface area contributed by atoms with E-state index < -0.39 is 18.0 Å². The van der Waals surface area contributed by atoms with E-state index in [2.05, 4.69) is 36.0 Å². The van der Waals surface area contributed by atoms with E-state index >= 15 is 0 Å². The van der Waals surface area contributed by atoms with Gasteiger partial charge >= 0.3 is 11.9 Å². The summed E-state index contributed by atoms with van der Waals surface area (Å²) in [7, 11) is 0. The molecule has 1 aromatic heterocycles. The molecule has 32 heavy (non-hydrogen) atoms. The van der Waals surface area contributed by atoms with E-state index in [9.17, 15) is 19.5 Å². The third kappa shape index (κ3) is 4.37. The molecule has 0 unspecified atom stereocenters. The number of benzene rings is 1. The number of H-pyrrole nitrogens is 1. The zero-order valence-electron chi connectivity index (χ0n) is 18.8. The lowest BCUT2D eigenvalue weighted by Gasteiger charge is -2.40. The van der Waals surface area contributed by atoms with Gasteiger partial charge in [-0.05, 0) is 48.3 Å². The number of rotatable bonds is 7. The standard InChI is InChI=1S/C24H31N3O5/c1-23(2)9-15-10-24(3,12-23)13-27(15)21(22(31)32)17-11-25-18-5-4-14(8-16(17)18)26-19(28)6-7-20(29)30/h4-5,8,11,15,21,25H,6-7,9-10,12-13H2,1-3H3,(H,26,28)(H,29,30)(H,31,32)/t15-,21+,24+/m0/s1. The molecule has 2 aromatic rings. The maximum absolute atomic E-state index is 12.5. The summed E-state index contributed by atoms with van der Waals surface area (Å²) in [6.45, 7) is 7.54. The monoisotopic (exact) mass is 441 g/mol. The van der Waals surface area contributed by atoms with Gasteiger partial charge in [-0.25, -0.2) is 0 Å². The van der Waals surface area contributed by atoms with Gasteiger partial charge in [0.25, 0.3) is 0 Å². The molecule has 1 saturated carbocycles. The molecule has 0 spiro atoms.